The molecule has 3 atom stereocenters. The van der Waals surface area contributed by atoms with Gasteiger partial charge in [-0.05, 0) is 66.5 Å². The summed E-state index contributed by atoms with van der Waals surface area (Å²) in [7, 11) is 0. The van der Waals surface area contributed by atoms with Gasteiger partial charge in [0.1, 0.15) is 0 Å². The first-order valence-corrected chi connectivity index (χ1v) is 8.87. The molecule has 1 aromatic carbocycles. The van der Waals surface area contributed by atoms with E-state index in [0.29, 0.717) is 11.8 Å². The van der Waals surface area contributed by atoms with Gasteiger partial charge in [0, 0.05) is 0 Å². The minimum Gasteiger partial charge on any atom is -0.373 e. The summed E-state index contributed by atoms with van der Waals surface area (Å²) in [6.07, 6.45) is 5.14. The van der Waals surface area contributed by atoms with Crippen LogP contribution >= 0.6 is 0 Å². The number of fused-ring (bicyclic) bond motifs is 3. The third-order valence-electron chi connectivity index (χ3n) is 6.62. The Morgan fingerprint density at radius 2 is 2.04 bits per heavy atom. The van der Waals surface area contributed by atoms with E-state index in [1.165, 1.54) is 16.7 Å². The molecule has 2 N–H and O–H groups in total. The van der Waals surface area contributed by atoms with Crippen LogP contribution in [0.1, 0.15) is 76.0 Å². The molecular weight excluding hydrogens is 286 g/mol. The van der Waals surface area contributed by atoms with Crippen LogP contribution in [0.15, 0.2) is 18.2 Å². The third kappa shape index (κ3) is 2.40. The van der Waals surface area contributed by atoms with Gasteiger partial charge < -0.3 is 4.84 Å². The molecule has 3 heteroatoms. The number of benzene rings is 1. The standard InChI is InChI=1S/C20H29NO2/c1-13(2)14-6-8-16-15(12-14)7-9-17-19(16,3)10-5-11-20(17,4)18(22)23-21/h6,8,12-13,17H,5,7,9-11,21H2,1-4H3. The van der Waals surface area contributed by atoms with Crippen LogP contribution in [0.4, 0.5) is 0 Å². The summed E-state index contributed by atoms with van der Waals surface area (Å²) in [5.74, 6) is 5.86. The number of rotatable bonds is 2. The quantitative estimate of drug-likeness (QED) is 0.831. The van der Waals surface area contributed by atoms with E-state index in [1.807, 2.05) is 0 Å². The van der Waals surface area contributed by atoms with E-state index >= 15 is 0 Å². The van der Waals surface area contributed by atoms with Crippen molar-refractivity contribution >= 4 is 5.97 Å². The minimum absolute atomic E-state index is 0.0459. The summed E-state index contributed by atoms with van der Waals surface area (Å²) < 4.78 is 0. The lowest BCUT2D eigenvalue weighted by atomic mass is 9.50. The zero-order chi connectivity index (χ0) is 16.8. The lowest BCUT2D eigenvalue weighted by molar-refractivity contribution is -0.165. The van der Waals surface area contributed by atoms with Crippen molar-refractivity contribution in [2.24, 2.45) is 17.2 Å². The van der Waals surface area contributed by atoms with Gasteiger partial charge in [0.15, 0.2) is 0 Å². The molecule has 0 aromatic heterocycles. The van der Waals surface area contributed by atoms with Gasteiger partial charge in [0.05, 0.1) is 5.41 Å². The summed E-state index contributed by atoms with van der Waals surface area (Å²) in [6.45, 7) is 8.87. The largest absolute Gasteiger partial charge is 0.373 e. The summed E-state index contributed by atoms with van der Waals surface area (Å²) in [4.78, 5) is 17.1. The van der Waals surface area contributed by atoms with Crippen molar-refractivity contribution < 1.29 is 9.63 Å². The molecule has 0 saturated heterocycles. The maximum absolute atomic E-state index is 12.4. The van der Waals surface area contributed by atoms with E-state index in [1.54, 1.807) is 0 Å². The first kappa shape index (κ1) is 16.5. The summed E-state index contributed by atoms with van der Waals surface area (Å²) in [6, 6.07) is 6.97. The van der Waals surface area contributed by atoms with Gasteiger partial charge in [-0.25, -0.2) is 4.79 Å². The highest BCUT2D eigenvalue weighted by Gasteiger charge is 2.55. The number of hydrogen-bond donors (Lipinski definition) is 1. The molecule has 0 radical (unpaired) electrons. The minimum atomic E-state index is -0.462. The second kappa shape index (κ2) is 5.62. The number of nitrogens with two attached hydrogens (primary N) is 1. The van der Waals surface area contributed by atoms with Crippen LogP contribution in [0, 0.1) is 11.3 Å². The molecule has 23 heavy (non-hydrogen) atoms. The van der Waals surface area contributed by atoms with Crippen molar-refractivity contribution in [2.75, 3.05) is 0 Å². The van der Waals surface area contributed by atoms with Crippen molar-refractivity contribution in [3.8, 4) is 0 Å². The Bertz CT molecular complexity index is 624. The van der Waals surface area contributed by atoms with Gasteiger partial charge >= 0.3 is 5.97 Å². The lowest BCUT2D eigenvalue weighted by Gasteiger charge is -2.53. The topological polar surface area (TPSA) is 52.3 Å². The van der Waals surface area contributed by atoms with Crippen molar-refractivity contribution in [3.05, 3.63) is 34.9 Å². The molecule has 126 valence electrons. The first-order valence-electron chi connectivity index (χ1n) is 8.87. The average Bonchev–Trinajstić information content (AvgIpc) is 2.53. The molecule has 2 aliphatic rings. The third-order valence-corrected chi connectivity index (χ3v) is 6.62. The molecular formula is C20H29NO2. The Kier molecular flexibility index (Phi) is 4.04. The maximum atomic E-state index is 12.4. The highest BCUT2D eigenvalue weighted by Crippen LogP contribution is 2.57. The molecule has 3 unspecified atom stereocenters. The maximum Gasteiger partial charge on any atom is 0.330 e. The predicted molar refractivity (Wildman–Crippen MR) is 91.9 cm³/mol. The predicted octanol–water partition coefficient (Wildman–Crippen LogP) is 4.24. The Hall–Kier alpha value is -1.35. The number of carbonyl (C=O) groups is 1. The van der Waals surface area contributed by atoms with Crippen LogP contribution in [-0.4, -0.2) is 5.97 Å². The van der Waals surface area contributed by atoms with E-state index < -0.39 is 5.41 Å². The highest BCUT2D eigenvalue weighted by molar-refractivity contribution is 5.77. The van der Waals surface area contributed by atoms with E-state index in [4.69, 9.17) is 5.90 Å². The Morgan fingerprint density at radius 3 is 2.70 bits per heavy atom. The number of carbonyl (C=O) groups excluding carboxylic acids is 1. The fourth-order valence-electron chi connectivity index (χ4n) is 5.25. The van der Waals surface area contributed by atoms with E-state index in [-0.39, 0.29) is 11.4 Å². The van der Waals surface area contributed by atoms with Gasteiger partial charge in [-0.2, -0.15) is 5.90 Å². The van der Waals surface area contributed by atoms with Gasteiger partial charge in [0.2, 0.25) is 0 Å². The molecule has 3 nitrogen and oxygen atoms in total. The van der Waals surface area contributed by atoms with Crippen LogP contribution in [0.2, 0.25) is 0 Å². The SMILES string of the molecule is CC(C)c1ccc2c(c1)CCC1C(C)(C(=O)ON)CCCC21C. The van der Waals surface area contributed by atoms with Crippen molar-refractivity contribution in [2.45, 2.75) is 71.1 Å². The van der Waals surface area contributed by atoms with Crippen LogP contribution < -0.4 is 5.90 Å². The lowest BCUT2D eigenvalue weighted by Crippen LogP contribution is -2.53. The van der Waals surface area contributed by atoms with E-state index in [0.717, 1.165) is 32.1 Å². The summed E-state index contributed by atoms with van der Waals surface area (Å²) in [5.41, 5.74) is 3.90. The Labute approximate surface area is 139 Å². The van der Waals surface area contributed by atoms with Crippen LogP contribution in [-0.2, 0) is 21.5 Å². The molecule has 3 rings (SSSR count). The highest BCUT2D eigenvalue weighted by atomic mass is 16.7. The van der Waals surface area contributed by atoms with Crippen molar-refractivity contribution in [1.29, 1.82) is 0 Å². The molecule has 0 spiro atoms. The van der Waals surface area contributed by atoms with Crippen LogP contribution in [0.5, 0.6) is 0 Å². The fraction of sp³-hybridized carbons (Fsp3) is 0.650. The molecule has 1 aromatic rings. The monoisotopic (exact) mass is 315 g/mol. The molecule has 0 amide bonds. The van der Waals surface area contributed by atoms with Gasteiger partial charge in [0.25, 0.3) is 0 Å². The smallest absolute Gasteiger partial charge is 0.330 e. The van der Waals surface area contributed by atoms with Gasteiger partial charge in [-0.3, -0.25) is 0 Å². The molecule has 2 aliphatic carbocycles. The van der Waals surface area contributed by atoms with E-state index in [2.05, 4.69) is 50.7 Å². The summed E-state index contributed by atoms with van der Waals surface area (Å²) in [5, 5.41) is 0. The van der Waals surface area contributed by atoms with Gasteiger partial charge in [-0.15, -0.1) is 0 Å². The Morgan fingerprint density at radius 1 is 1.30 bits per heavy atom. The normalized spacial score (nSPS) is 33.0. The second-order valence-corrected chi connectivity index (χ2v) is 8.26. The number of aryl methyl sites for hydroxylation is 1. The van der Waals surface area contributed by atoms with E-state index in [9.17, 15) is 4.79 Å². The second-order valence-electron chi connectivity index (χ2n) is 8.26. The zero-order valence-corrected chi connectivity index (χ0v) is 14.8. The first-order chi connectivity index (χ1) is 10.8. The molecule has 1 saturated carbocycles. The van der Waals surface area contributed by atoms with Crippen LogP contribution in [0.25, 0.3) is 0 Å². The van der Waals surface area contributed by atoms with Crippen molar-refractivity contribution in [3.63, 3.8) is 0 Å². The average molecular weight is 315 g/mol. The molecule has 1 fully saturated rings. The van der Waals surface area contributed by atoms with Crippen LogP contribution in [0.3, 0.4) is 0 Å². The molecule has 0 bridgehead atoms. The molecule has 0 aliphatic heterocycles. The summed E-state index contributed by atoms with van der Waals surface area (Å²) >= 11 is 0. The molecule has 0 heterocycles. The Balaban J connectivity index is 2.06. The zero-order valence-electron chi connectivity index (χ0n) is 14.8. The van der Waals surface area contributed by atoms with Crippen molar-refractivity contribution in [1.82, 2.24) is 0 Å². The van der Waals surface area contributed by atoms with Gasteiger partial charge in [-0.1, -0.05) is 45.4 Å². The fourth-order valence-corrected chi connectivity index (χ4v) is 5.25. The number of hydrogen-bond acceptors (Lipinski definition) is 3.